The topological polar surface area (TPSA) is 114 Å². The van der Waals surface area contributed by atoms with Gasteiger partial charge in [0.15, 0.2) is 6.29 Å². The molecule has 0 aliphatic carbocycles. The van der Waals surface area contributed by atoms with Crippen LogP contribution in [0.15, 0.2) is 84.9 Å². The molecule has 1 amide bonds. The fourth-order valence-electron chi connectivity index (χ4n) is 3.80. The molecule has 3 aromatic carbocycles. The lowest BCUT2D eigenvalue weighted by Gasteiger charge is -2.25. The van der Waals surface area contributed by atoms with Crippen LogP contribution in [-0.2, 0) is 33.7 Å². The first-order valence-corrected chi connectivity index (χ1v) is 14.4. The smallest absolute Gasteiger partial charge is 0.445 e. The number of carbonyl (C=O) groups excluding carboxylic acids is 1. The lowest BCUT2D eigenvalue weighted by Crippen LogP contribution is -2.36. The minimum atomic E-state index is -4.93. The van der Waals surface area contributed by atoms with E-state index in [4.69, 9.17) is 9.47 Å². The van der Waals surface area contributed by atoms with Crippen molar-refractivity contribution >= 4 is 13.5 Å². The number of carbonyl (C=O) groups is 1. The third kappa shape index (κ3) is 11.0. The number of aryl methyl sites for hydroxylation is 1. The number of hydrogen-bond acceptors (Lipinski definition) is 6. The van der Waals surface area contributed by atoms with E-state index in [9.17, 15) is 32.5 Å². The van der Waals surface area contributed by atoms with Crippen LogP contribution >= 0.6 is 7.37 Å². The molecule has 0 aromatic heterocycles. The molecule has 3 atom stereocenters. The van der Waals surface area contributed by atoms with E-state index in [-0.39, 0.29) is 38.0 Å². The van der Waals surface area contributed by atoms with Gasteiger partial charge in [0, 0.05) is 12.6 Å². The minimum absolute atomic E-state index is 0.0748. The maximum absolute atomic E-state index is 13.4. The van der Waals surface area contributed by atoms with Crippen LogP contribution in [0.4, 0.5) is 18.0 Å². The Morgan fingerprint density at radius 2 is 1.45 bits per heavy atom. The lowest BCUT2D eigenvalue weighted by molar-refractivity contribution is -0.274. The molecule has 0 bridgehead atoms. The summed E-state index contributed by atoms with van der Waals surface area (Å²) in [4.78, 5) is 23.4. The van der Waals surface area contributed by atoms with Crippen molar-refractivity contribution in [2.24, 2.45) is 0 Å². The van der Waals surface area contributed by atoms with Gasteiger partial charge in [0.05, 0.1) is 6.61 Å². The summed E-state index contributed by atoms with van der Waals surface area (Å²) < 4.78 is 66.4. The van der Waals surface area contributed by atoms with Crippen LogP contribution in [0.3, 0.4) is 0 Å². The number of alkyl halides is 3. The van der Waals surface area contributed by atoms with Crippen LogP contribution in [0.1, 0.15) is 29.5 Å². The summed E-state index contributed by atoms with van der Waals surface area (Å²) in [5.74, 6) is -1.84. The fraction of sp³-hybridized carbons (Fsp3) is 0.321. The Labute approximate surface area is 230 Å². The molecule has 0 spiro atoms. The van der Waals surface area contributed by atoms with Crippen LogP contribution in [0.25, 0.3) is 0 Å². The Bertz CT molecular complexity index is 1250. The first-order valence-electron chi connectivity index (χ1n) is 12.5. The summed E-state index contributed by atoms with van der Waals surface area (Å²) in [5, 5.41) is 12.7. The summed E-state index contributed by atoms with van der Waals surface area (Å²) in [6.07, 6.45) is -8.14. The molecular weight excluding hydrogens is 550 g/mol. The number of halogens is 3. The zero-order valence-corrected chi connectivity index (χ0v) is 22.4. The molecule has 0 saturated carbocycles. The van der Waals surface area contributed by atoms with Gasteiger partial charge in [0.1, 0.15) is 18.1 Å². The standard InChI is InChI=1S/C28H31F3NO7P/c29-28(30,31)39-24-14-8-7-13-23(24)17-18-40(35,36)25(32-27(34)38-20-22-11-5-2-6-12-22)15-16-26(33)37-19-21-9-3-1-4-10-21/h1-14,25-26,33H,15-20H2,(H,32,34)(H,35,36). The number of rotatable bonds is 14. The highest BCUT2D eigenvalue weighted by Gasteiger charge is 2.35. The van der Waals surface area contributed by atoms with Gasteiger partial charge in [-0.3, -0.25) is 4.57 Å². The third-order valence-corrected chi connectivity index (χ3v) is 8.08. The molecular formula is C28H31F3NO7P. The number of para-hydroxylation sites is 1. The molecule has 3 aromatic rings. The van der Waals surface area contributed by atoms with E-state index in [1.54, 1.807) is 30.3 Å². The first kappa shape index (κ1) is 31.2. The van der Waals surface area contributed by atoms with Crippen molar-refractivity contribution in [1.29, 1.82) is 0 Å². The predicted molar refractivity (Wildman–Crippen MR) is 142 cm³/mol. The molecule has 0 saturated heterocycles. The van der Waals surface area contributed by atoms with Crippen molar-refractivity contribution in [2.45, 2.75) is 50.9 Å². The number of amides is 1. The number of alkyl carbamates (subject to hydrolysis) is 1. The van der Waals surface area contributed by atoms with Gasteiger partial charge in [-0.15, -0.1) is 13.2 Å². The van der Waals surface area contributed by atoms with Gasteiger partial charge in [0.25, 0.3) is 0 Å². The van der Waals surface area contributed by atoms with Crippen molar-refractivity contribution in [1.82, 2.24) is 5.32 Å². The van der Waals surface area contributed by atoms with E-state index >= 15 is 0 Å². The van der Waals surface area contributed by atoms with E-state index in [0.717, 1.165) is 11.6 Å². The Kier molecular flexibility index (Phi) is 11.6. The largest absolute Gasteiger partial charge is 0.573 e. The molecule has 216 valence electrons. The molecule has 3 rings (SSSR count). The number of nitrogens with one attached hydrogen (secondary N) is 1. The van der Waals surface area contributed by atoms with Gasteiger partial charge in [-0.2, -0.15) is 0 Å². The zero-order chi connectivity index (χ0) is 29.0. The monoisotopic (exact) mass is 581 g/mol. The number of benzene rings is 3. The molecule has 0 aliphatic rings. The second kappa shape index (κ2) is 14.9. The summed E-state index contributed by atoms with van der Waals surface area (Å²) in [5.41, 5.74) is 1.59. The molecule has 0 aliphatic heterocycles. The van der Waals surface area contributed by atoms with Gasteiger partial charge in [-0.1, -0.05) is 78.9 Å². The average molecular weight is 582 g/mol. The summed E-state index contributed by atoms with van der Waals surface area (Å²) in [7, 11) is -4.24. The fourth-order valence-corrected chi connectivity index (χ4v) is 5.53. The Morgan fingerprint density at radius 1 is 0.875 bits per heavy atom. The van der Waals surface area contributed by atoms with Crippen molar-refractivity contribution in [3.63, 3.8) is 0 Å². The number of ether oxygens (including phenoxy) is 3. The average Bonchev–Trinajstić information content (AvgIpc) is 2.92. The summed E-state index contributed by atoms with van der Waals surface area (Å²) >= 11 is 0. The van der Waals surface area contributed by atoms with Gasteiger partial charge >= 0.3 is 12.5 Å². The Balaban J connectivity index is 1.65. The summed E-state index contributed by atoms with van der Waals surface area (Å²) in [6, 6.07) is 23.2. The van der Waals surface area contributed by atoms with E-state index in [0.29, 0.717) is 5.56 Å². The van der Waals surface area contributed by atoms with Gasteiger partial charge in [0.2, 0.25) is 7.37 Å². The second-order valence-corrected chi connectivity index (χ2v) is 11.5. The van der Waals surface area contributed by atoms with Gasteiger partial charge in [-0.25, -0.2) is 4.79 Å². The molecule has 0 fully saturated rings. The van der Waals surface area contributed by atoms with E-state index < -0.39 is 43.8 Å². The highest BCUT2D eigenvalue weighted by molar-refractivity contribution is 7.58. The highest BCUT2D eigenvalue weighted by atomic mass is 31.2. The van der Waals surface area contributed by atoms with Gasteiger partial charge in [-0.05, 0) is 35.6 Å². The zero-order valence-electron chi connectivity index (χ0n) is 21.5. The molecule has 3 N–H and O–H groups in total. The molecule has 0 radical (unpaired) electrons. The van der Waals surface area contributed by atoms with Crippen LogP contribution in [0, 0.1) is 0 Å². The van der Waals surface area contributed by atoms with Crippen molar-refractivity contribution in [3.05, 3.63) is 102 Å². The van der Waals surface area contributed by atoms with E-state index in [1.165, 1.54) is 18.2 Å². The van der Waals surface area contributed by atoms with Gasteiger partial charge < -0.3 is 29.5 Å². The molecule has 0 heterocycles. The minimum Gasteiger partial charge on any atom is -0.445 e. The molecule has 40 heavy (non-hydrogen) atoms. The van der Waals surface area contributed by atoms with E-state index in [2.05, 4.69) is 10.1 Å². The highest BCUT2D eigenvalue weighted by Crippen LogP contribution is 2.48. The number of aliphatic hydroxyl groups is 1. The number of aliphatic hydroxyl groups excluding tert-OH is 1. The van der Waals surface area contributed by atoms with E-state index in [1.807, 2.05) is 30.3 Å². The predicted octanol–water partition coefficient (Wildman–Crippen LogP) is 5.97. The number of hydrogen-bond donors (Lipinski definition) is 3. The van der Waals surface area contributed by atoms with Crippen LogP contribution in [0.5, 0.6) is 5.75 Å². The first-order chi connectivity index (χ1) is 19.0. The molecule has 3 unspecified atom stereocenters. The normalized spacial score (nSPS) is 14.5. The third-order valence-electron chi connectivity index (χ3n) is 5.86. The maximum atomic E-state index is 13.4. The van der Waals surface area contributed by atoms with Crippen LogP contribution < -0.4 is 10.1 Å². The second-order valence-electron chi connectivity index (χ2n) is 8.94. The van der Waals surface area contributed by atoms with Crippen LogP contribution in [-0.4, -0.2) is 40.7 Å². The Morgan fingerprint density at radius 3 is 2.08 bits per heavy atom. The maximum Gasteiger partial charge on any atom is 0.573 e. The van der Waals surface area contributed by atoms with Crippen molar-refractivity contribution in [3.8, 4) is 5.75 Å². The summed E-state index contributed by atoms with van der Waals surface area (Å²) in [6.45, 7) is 0.0199. The Hall–Kier alpha value is -3.37. The van der Waals surface area contributed by atoms with Crippen LogP contribution in [0.2, 0.25) is 0 Å². The van der Waals surface area contributed by atoms with Crippen molar-refractivity contribution in [2.75, 3.05) is 6.16 Å². The molecule has 8 nitrogen and oxygen atoms in total. The quantitative estimate of drug-likeness (QED) is 0.159. The molecule has 12 heteroatoms. The van der Waals surface area contributed by atoms with Crippen molar-refractivity contribution < 1.29 is 46.7 Å². The lowest BCUT2D eigenvalue weighted by atomic mass is 10.1. The SMILES string of the molecule is O=C(NC(CCC(O)OCc1ccccc1)P(=O)(O)CCc1ccccc1OC(F)(F)F)OCc1ccccc1.